The van der Waals surface area contributed by atoms with Crippen LogP contribution < -0.4 is 5.43 Å². The van der Waals surface area contributed by atoms with Crippen LogP contribution in [-0.2, 0) is 4.79 Å². The summed E-state index contributed by atoms with van der Waals surface area (Å²) < 4.78 is 1.86. The van der Waals surface area contributed by atoms with Gasteiger partial charge in [0, 0.05) is 12.5 Å². The Balaban J connectivity index is 2.23. The Labute approximate surface area is 83.0 Å². The fraction of sp³-hybridized carbons (Fsp3) is 0.273. The van der Waals surface area contributed by atoms with Crippen LogP contribution in [0.4, 0.5) is 0 Å². The van der Waals surface area contributed by atoms with Crippen LogP contribution in [0.25, 0.3) is 0 Å². The Morgan fingerprint density at radius 3 is 2.71 bits per heavy atom. The molecule has 3 heteroatoms. The molecule has 1 aromatic rings. The van der Waals surface area contributed by atoms with Crippen molar-refractivity contribution in [2.45, 2.75) is 19.4 Å². The van der Waals surface area contributed by atoms with E-state index in [4.69, 9.17) is 0 Å². The number of hydrogen-bond acceptors (Lipinski definition) is 1. The summed E-state index contributed by atoms with van der Waals surface area (Å²) in [5, 5.41) is 0. The Morgan fingerprint density at radius 2 is 2.14 bits per heavy atom. The van der Waals surface area contributed by atoms with Gasteiger partial charge in [0.2, 0.25) is 6.21 Å². The summed E-state index contributed by atoms with van der Waals surface area (Å²) in [6.07, 6.45) is 2.53. The highest BCUT2D eigenvalue weighted by Crippen LogP contribution is 2.04. The van der Waals surface area contributed by atoms with Crippen LogP contribution >= 0.6 is 0 Å². The van der Waals surface area contributed by atoms with Gasteiger partial charge in [0.1, 0.15) is 0 Å². The lowest BCUT2D eigenvalue weighted by molar-refractivity contribution is -0.585. The molecular weight excluding hydrogens is 176 g/mol. The predicted molar refractivity (Wildman–Crippen MR) is 54.1 cm³/mol. The van der Waals surface area contributed by atoms with Crippen molar-refractivity contribution in [3.8, 4) is 0 Å². The molecule has 1 fully saturated rings. The molecular formula is C11H13N2O+. The van der Waals surface area contributed by atoms with Gasteiger partial charge in [-0.15, -0.1) is 10.1 Å². The topological polar surface area (TPSA) is 32.1 Å². The van der Waals surface area contributed by atoms with Crippen LogP contribution in [0.3, 0.4) is 0 Å². The third kappa shape index (κ3) is 1.82. The third-order valence-electron chi connectivity index (χ3n) is 2.30. The van der Waals surface area contributed by atoms with Gasteiger partial charge in [0.05, 0.1) is 6.42 Å². The minimum atomic E-state index is 0.0877. The number of nitrogens with zero attached hydrogens (tertiary/aromatic N) is 1. The second kappa shape index (κ2) is 3.62. The Morgan fingerprint density at radius 1 is 1.43 bits per heavy atom. The van der Waals surface area contributed by atoms with Gasteiger partial charge in [-0.25, -0.2) is 0 Å². The van der Waals surface area contributed by atoms with Gasteiger partial charge in [0.15, 0.2) is 6.04 Å². The van der Waals surface area contributed by atoms with Gasteiger partial charge in [-0.1, -0.05) is 18.2 Å². The van der Waals surface area contributed by atoms with Gasteiger partial charge in [0.25, 0.3) is 5.91 Å². The van der Waals surface area contributed by atoms with Gasteiger partial charge in [-0.2, -0.15) is 0 Å². The minimum absolute atomic E-state index is 0.0877. The number of amides is 1. The number of carbonyl (C=O) groups excluding carboxylic acids is 1. The van der Waals surface area contributed by atoms with Gasteiger partial charge >= 0.3 is 0 Å². The lowest BCUT2D eigenvalue weighted by Gasteiger charge is -1.96. The van der Waals surface area contributed by atoms with Gasteiger partial charge in [-0.05, 0) is 12.1 Å². The van der Waals surface area contributed by atoms with Crippen LogP contribution in [0.5, 0.6) is 0 Å². The van der Waals surface area contributed by atoms with Crippen LogP contribution in [0, 0.1) is 0 Å². The van der Waals surface area contributed by atoms with Crippen molar-refractivity contribution in [3.63, 3.8) is 0 Å². The summed E-state index contributed by atoms with van der Waals surface area (Å²) in [4.78, 5) is 11.1. The van der Waals surface area contributed by atoms with Crippen molar-refractivity contribution in [1.29, 1.82) is 0 Å². The Bertz CT molecular complexity index is 370. The average molecular weight is 189 g/mol. The molecule has 1 unspecified atom stereocenters. The van der Waals surface area contributed by atoms with Gasteiger partial charge < -0.3 is 0 Å². The van der Waals surface area contributed by atoms with Crippen molar-refractivity contribution in [2.24, 2.45) is 0 Å². The fourth-order valence-electron chi connectivity index (χ4n) is 1.53. The van der Waals surface area contributed by atoms with Crippen molar-refractivity contribution >= 4 is 12.1 Å². The van der Waals surface area contributed by atoms with Crippen LogP contribution in [0.15, 0.2) is 30.3 Å². The second-order valence-corrected chi connectivity index (χ2v) is 3.54. The monoisotopic (exact) mass is 189 g/mol. The van der Waals surface area contributed by atoms with E-state index in [1.807, 2.05) is 48.2 Å². The number of benzene rings is 1. The fourth-order valence-corrected chi connectivity index (χ4v) is 1.53. The quantitative estimate of drug-likeness (QED) is 0.655. The molecule has 3 nitrogen and oxygen atoms in total. The first-order valence-corrected chi connectivity index (χ1v) is 4.73. The SMILES string of the molecule is CC1CC(=O)N/[N+]1=C\c1ccccc1. The van der Waals surface area contributed by atoms with Gasteiger partial charge in [-0.3, -0.25) is 4.79 Å². The third-order valence-corrected chi connectivity index (χ3v) is 2.30. The molecule has 0 aliphatic carbocycles. The molecule has 14 heavy (non-hydrogen) atoms. The maximum absolute atomic E-state index is 11.1. The normalized spacial score (nSPS) is 23.9. The van der Waals surface area contributed by atoms with Crippen LogP contribution in [-0.4, -0.2) is 22.8 Å². The largest absolute Gasteiger partial charge is 0.281 e. The maximum Gasteiger partial charge on any atom is 0.281 e. The van der Waals surface area contributed by atoms with Crippen LogP contribution in [0.2, 0.25) is 0 Å². The average Bonchev–Trinajstić information content (AvgIpc) is 2.47. The molecule has 0 spiro atoms. The molecule has 1 amide bonds. The summed E-state index contributed by atoms with van der Waals surface area (Å²) in [5.74, 6) is 0.0877. The Hall–Kier alpha value is -1.64. The highest BCUT2D eigenvalue weighted by molar-refractivity contribution is 5.80. The van der Waals surface area contributed by atoms with E-state index in [1.54, 1.807) is 0 Å². The number of carbonyl (C=O) groups is 1. The highest BCUT2D eigenvalue weighted by Gasteiger charge is 2.29. The van der Waals surface area contributed by atoms with Crippen molar-refractivity contribution < 1.29 is 9.48 Å². The van der Waals surface area contributed by atoms with E-state index in [2.05, 4.69) is 5.43 Å². The highest BCUT2D eigenvalue weighted by atomic mass is 16.2. The summed E-state index contributed by atoms with van der Waals surface area (Å²) in [7, 11) is 0. The summed E-state index contributed by atoms with van der Waals surface area (Å²) in [6, 6.07) is 10.2. The smallest absolute Gasteiger partial charge is 0.269 e. The maximum atomic E-state index is 11.1. The van der Waals surface area contributed by atoms with E-state index in [0.717, 1.165) is 5.56 Å². The van der Waals surface area contributed by atoms with E-state index < -0.39 is 0 Å². The predicted octanol–water partition coefficient (Wildman–Crippen LogP) is 0.941. The van der Waals surface area contributed by atoms with E-state index in [1.165, 1.54) is 0 Å². The summed E-state index contributed by atoms with van der Waals surface area (Å²) >= 11 is 0. The number of hydrazone groups is 1. The molecule has 0 aromatic heterocycles. The van der Waals surface area contributed by atoms with E-state index in [9.17, 15) is 4.79 Å². The summed E-state index contributed by atoms with van der Waals surface area (Å²) in [6.45, 7) is 2.03. The van der Waals surface area contributed by atoms with Crippen molar-refractivity contribution in [3.05, 3.63) is 35.9 Å². The zero-order valence-corrected chi connectivity index (χ0v) is 8.10. The van der Waals surface area contributed by atoms with E-state index in [-0.39, 0.29) is 11.9 Å². The van der Waals surface area contributed by atoms with E-state index in [0.29, 0.717) is 6.42 Å². The number of nitrogens with one attached hydrogen (secondary N) is 1. The zero-order valence-electron chi connectivity index (χ0n) is 8.10. The molecule has 0 bridgehead atoms. The molecule has 2 rings (SSSR count). The molecule has 0 radical (unpaired) electrons. The van der Waals surface area contributed by atoms with Crippen molar-refractivity contribution in [2.75, 3.05) is 0 Å². The second-order valence-electron chi connectivity index (χ2n) is 3.54. The minimum Gasteiger partial charge on any atom is -0.269 e. The number of rotatable bonds is 1. The molecule has 1 heterocycles. The lowest BCUT2D eigenvalue weighted by Crippen LogP contribution is -2.28. The molecule has 0 saturated carbocycles. The summed E-state index contributed by atoms with van der Waals surface area (Å²) in [5.41, 5.74) is 3.89. The molecule has 1 aliphatic heterocycles. The molecule has 1 aromatic carbocycles. The lowest BCUT2D eigenvalue weighted by atomic mass is 10.2. The molecule has 1 N–H and O–H groups in total. The van der Waals surface area contributed by atoms with E-state index >= 15 is 0 Å². The molecule has 72 valence electrons. The first-order valence-electron chi connectivity index (χ1n) is 4.73. The number of hydrazine groups is 1. The van der Waals surface area contributed by atoms with Crippen molar-refractivity contribution in [1.82, 2.24) is 5.43 Å². The first kappa shape index (κ1) is 8.94. The molecule has 1 saturated heterocycles. The van der Waals surface area contributed by atoms with Crippen LogP contribution in [0.1, 0.15) is 18.9 Å². The zero-order chi connectivity index (χ0) is 9.97. The molecule has 1 atom stereocenters. The standard InChI is InChI=1S/C11H12N2O/c1-9-7-11(14)12-13(9)8-10-5-3-2-4-6-10/h2-6,8-9H,7H2,1H3/p+1/b13-8-. The first-order chi connectivity index (χ1) is 6.75. The number of hydrogen-bond donors (Lipinski definition) is 1. The molecule has 1 aliphatic rings. The Kier molecular flexibility index (Phi) is 2.31.